The second-order valence-electron chi connectivity index (χ2n) is 9.92. The maximum Gasteiger partial charge on any atom is 0.407 e. The third-order valence-electron chi connectivity index (χ3n) is 4.87. The van der Waals surface area contributed by atoms with Crippen LogP contribution in [-0.2, 0) is 56.8 Å². The van der Waals surface area contributed by atoms with E-state index < -0.39 is 11.7 Å². The number of hydrogen-bond acceptors (Lipinski definition) is 13. The SMILES string of the molecule is C=CCOCCOCCOCCOCCOCCOCCOCCOCCOCCOCCOCCNC(=O)OC(C)(C)C. The lowest BCUT2D eigenvalue weighted by Crippen LogP contribution is -2.34. The first kappa shape index (κ1) is 42.6. The molecule has 0 fully saturated rings. The molecule has 0 saturated carbocycles. The van der Waals surface area contributed by atoms with Crippen molar-refractivity contribution in [2.24, 2.45) is 0 Å². The van der Waals surface area contributed by atoms with Gasteiger partial charge in [-0.15, -0.1) is 6.58 Å². The molecule has 0 atom stereocenters. The summed E-state index contributed by atoms with van der Waals surface area (Å²) in [4.78, 5) is 11.5. The van der Waals surface area contributed by atoms with Gasteiger partial charge >= 0.3 is 6.09 Å². The van der Waals surface area contributed by atoms with Gasteiger partial charge in [0.15, 0.2) is 0 Å². The zero-order chi connectivity index (χ0) is 32.2. The zero-order valence-electron chi connectivity index (χ0n) is 27.4. The molecule has 1 amide bonds. The van der Waals surface area contributed by atoms with Gasteiger partial charge < -0.3 is 62.2 Å². The Morgan fingerprint density at radius 3 is 0.977 bits per heavy atom. The summed E-state index contributed by atoms with van der Waals surface area (Å²) >= 11 is 0. The van der Waals surface area contributed by atoms with Gasteiger partial charge in [0, 0.05) is 6.54 Å². The maximum absolute atomic E-state index is 11.5. The minimum atomic E-state index is -0.510. The third kappa shape index (κ3) is 38.6. The minimum Gasteiger partial charge on any atom is -0.444 e. The molecule has 0 rings (SSSR count). The van der Waals surface area contributed by atoms with Crippen LogP contribution in [0.4, 0.5) is 4.79 Å². The van der Waals surface area contributed by atoms with Crippen LogP contribution in [0.15, 0.2) is 12.7 Å². The van der Waals surface area contributed by atoms with E-state index in [-0.39, 0.29) is 0 Å². The molecule has 0 heterocycles. The molecule has 0 aliphatic carbocycles. The fourth-order valence-corrected chi connectivity index (χ4v) is 2.91. The van der Waals surface area contributed by atoms with E-state index in [1.165, 1.54) is 0 Å². The van der Waals surface area contributed by atoms with E-state index >= 15 is 0 Å². The van der Waals surface area contributed by atoms with Crippen molar-refractivity contribution >= 4 is 6.09 Å². The number of alkyl carbamates (subject to hydrolysis) is 1. The molecule has 0 spiro atoms. The van der Waals surface area contributed by atoms with Gasteiger partial charge in [0.25, 0.3) is 0 Å². The summed E-state index contributed by atoms with van der Waals surface area (Å²) in [5, 5.41) is 2.63. The highest BCUT2D eigenvalue weighted by Crippen LogP contribution is 2.06. The van der Waals surface area contributed by atoms with Crippen LogP contribution in [0.3, 0.4) is 0 Å². The van der Waals surface area contributed by atoms with Crippen molar-refractivity contribution in [3.63, 3.8) is 0 Å². The normalized spacial score (nSPS) is 11.6. The highest BCUT2D eigenvalue weighted by Gasteiger charge is 2.15. The Balaban J connectivity index is 3.09. The van der Waals surface area contributed by atoms with Gasteiger partial charge in [-0.25, -0.2) is 4.79 Å². The molecule has 0 bridgehead atoms. The molecule has 44 heavy (non-hydrogen) atoms. The van der Waals surface area contributed by atoms with E-state index in [4.69, 9.17) is 56.8 Å². The number of amides is 1. The molecular weight excluding hydrogens is 582 g/mol. The van der Waals surface area contributed by atoms with E-state index in [0.29, 0.717) is 152 Å². The van der Waals surface area contributed by atoms with Gasteiger partial charge in [-0.1, -0.05) is 6.08 Å². The molecule has 0 aliphatic heterocycles. The summed E-state index contributed by atoms with van der Waals surface area (Å²) < 4.78 is 64.7. The first-order chi connectivity index (χ1) is 21.5. The highest BCUT2D eigenvalue weighted by molar-refractivity contribution is 5.67. The zero-order valence-corrected chi connectivity index (χ0v) is 27.4. The van der Waals surface area contributed by atoms with Crippen LogP contribution in [-0.4, -0.2) is 164 Å². The molecule has 14 nitrogen and oxygen atoms in total. The van der Waals surface area contributed by atoms with Crippen molar-refractivity contribution in [2.75, 3.05) is 152 Å². The summed E-state index contributed by atoms with van der Waals surface area (Å²) in [6, 6.07) is 0. The lowest BCUT2D eigenvalue weighted by Gasteiger charge is -2.19. The molecule has 262 valence electrons. The van der Waals surface area contributed by atoms with Crippen LogP contribution in [0.5, 0.6) is 0 Å². The van der Waals surface area contributed by atoms with Gasteiger partial charge in [-0.2, -0.15) is 0 Å². The minimum absolute atomic E-state index is 0.383. The van der Waals surface area contributed by atoms with Gasteiger partial charge in [0.05, 0.1) is 145 Å². The topological polar surface area (TPSA) is 140 Å². The molecule has 0 unspecified atom stereocenters. The molecule has 0 aromatic carbocycles. The first-order valence-electron chi connectivity index (χ1n) is 15.4. The van der Waals surface area contributed by atoms with Crippen LogP contribution < -0.4 is 5.32 Å². The Labute approximate surface area is 264 Å². The smallest absolute Gasteiger partial charge is 0.407 e. The Bertz CT molecular complexity index is 608. The fourth-order valence-electron chi connectivity index (χ4n) is 2.91. The van der Waals surface area contributed by atoms with E-state index in [1.807, 2.05) is 20.8 Å². The first-order valence-corrected chi connectivity index (χ1v) is 15.4. The summed E-state index contributed by atoms with van der Waals surface area (Å²) in [7, 11) is 0. The average Bonchev–Trinajstić information content (AvgIpc) is 2.98. The fraction of sp³-hybridized carbons (Fsp3) is 0.900. The number of carbonyl (C=O) groups excluding carboxylic acids is 1. The Morgan fingerprint density at radius 1 is 0.477 bits per heavy atom. The van der Waals surface area contributed by atoms with Crippen LogP contribution in [0.2, 0.25) is 0 Å². The molecule has 1 N–H and O–H groups in total. The Hall–Kier alpha value is -1.43. The molecule has 0 aliphatic rings. The van der Waals surface area contributed by atoms with Gasteiger partial charge in [0.2, 0.25) is 0 Å². The number of rotatable bonds is 35. The molecular formula is C30H59NO13. The summed E-state index contributed by atoms with van der Waals surface area (Å²) in [5.74, 6) is 0. The van der Waals surface area contributed by atoms with Crippen LogP contribution >= 0.6 is 0 Å². The Kier molecular flexibility index (Phi) is 33.3. The quantitative estimate of drug-likeness (QED) is 0.0797. The molecule has 0 aromatic heterocycles. The lowest BCUT2D eigenvalue weighted by molar-refractivity contribution is -0.0272. The molecule has 14 heteroatoms. The molecule has 0 saturated heterocycles. The summed E-state index contributed by atoms with van der Waals surface area (Å²) in [6.45, 7) is 20.4. The van der Waals surface area contributed by atoms with E-state index in [2.05, 4.69) is 11.9 Å². The number of carbonyl (C=O) groups is 1. The number of nitrogens with one attached hydrogen (secondary N) is 1. The van der Waals surface area contributed by atoms with Crippen molar-refractivity contribution in [3.05, 3.63) is 12.7 Å². The predicted octanol–water partition coefficient (Wildman–Crippen LogP) is 1.88. The lowest BCUT2D eigenvalue weighted by atomic mass is 10.2. The van der Waals surface area contributed by atoms with Crippen LogP contribution in [0.25, 0.3) is 0 Å². The summed E-state index contributed by atoms with van der Waals surface area (Å²) in [5.41, 5.74) is -0.510. The van der Waals surface area contributed by atoms with Crippen LogP contribution in [0.1, 0.15) is 20.8 Å². The van der Waals surface area contributed by atoms with Crippen molar-refractivity contribution < 1.29 is 61.6 Å². The van der Waals surface area contributed by atoms with Crippen LogP contribution in [0, 0.1) is 0 Å². The van der Waals surface area contributed by atoms with Gasteiger partial charge in [0.1, 0.15) is 5.60 Å². The molecule has 0 aromatic rings. The van der Waals surface area contributed by atoms with E-state index in [9.17, 15) is 4.79 Å². The van der Waals surface area contributed by atoms with Crippen molar-refractivity contribution in [1.82, 2.24) is 5.32 Å². The second kappa shape index (κ2) is 34.4. The van der Waals surface area contributed by atoms with Gasteiger partial charge in [-0.05, 0) is 20.8 Å². The largest absolute Gasteiger partial charge is 0.444 e. The average molecular weight is 642 g/mol. The number of ether oxygens (including phenoxy) is 12. The van der Waals surface area contributed by atoms with E-state index in [1.54, 1.807) is 6.08 Å². The van der Waals surface area contributed by atoms with Crippen molar-refractivity contribution in [3.8, 4) is 0 Å². The summed E-state index contributed by atoms with van der Waals surface area (Å²) in [6.07, 6.45) is 1.26. The maximum atomic E-state index is 11.5. The highest BCUT2D eigenvalue weighted by atomic mass is 16.6. The second-order valence-corrected chi connectivity index (χ2v) is 9.92. The Morgan fingerprint density at radius 2 is 0.727 bits per heavy atom. The van der Waals surface area contributed by atoms with Crippen molar-refractivity contribution in [1.29, 1.82) is 0 Å². The van der Waals surface area contributed by atoms with Crippen molar-refractivity contribution in [2.45, 2.75) is 26.4 Å². The molecule has 0 radical (unpaired) electrons. The predicted molar refractivity (Wildman–Crippen MR) is 163 cm³/mol. The monoisotopic (exact) mass is 641 g/mol. The van der Waals surface area contributed by atoms with Gasteiger partial charge in [-0.3, -0.25) is 0 Å². The number of hydrogen-bond donors (Lipinski definition) is 1. The van der Waals surface area contributed by atoms with E-state index in [0.717, 1.165) is 0 Å². The third-order valence-corrected chi connectivity index (χ3v) is 4.87. The standard InChI is InChI=1S/C30H59NO13/c1-5-7-33-9-11-35-13-15-37-17-19-39-21-23-41-25-27-43-28-26-42-24-22-40-20-18-38-16-14-36-12-10-34-8-6-31-29(32)44-30(2,3)4/h5H,1,6-28H2,2-4H3,(H,31,32).